The molecule has 1 saturated carbocycles. The third kappa shape index (κ3) is 6.31. The van der Waals surface area contributed by atoms with Crippen LogP contribution in [0.2, 0.25) is 0 Å². The van der Waals surface area contributed by atoms with Gasteiger partial charge in [-0.2, -0.15) is 0 Å². The minimum atomic E-state index is -0.408. The van der Waals surface area contributed by atoms with Crippen LogP contribution in [-0.4, -0.2) is 115 Å². The number of ether oxygens (including phenoxy) is 2. The second kappa shape index (κ2) is 12.5. The first-order valence-corrected chi connectivity index (χ1v) is 16.3. The van der Waals surface area contributed by atoms with Crippen LogP contribution in [0.1, 0.15) is 32.1 Å². The summed E-state index contributed by atoms with van der Waals surface area (Å²) in [6.45, 7) is 5.08. The molecular formula is C26H43N7O4S2. The van der Waals surface area contributed by atoms with Crippen LogP contribution in [0.15, 0.2) is 11.1 Å². The van der Waals surface area contributed by atoms with Crippen LogP contribution in [0, 0.1) is 5.92 Å². The molecule has 10 atom stereocenters. The highest BCUT2D eigenvalue weighted by molar-refractivity contribution is 8.04. The summed E-state index contributed by atoms with van der Waals surface area (Å²) in [4.78, 5) is 27.5. The van der Waals surface area contributed by atoms with E-state index in [1.54, 1.807) is 17.8 Å². The first-order valence-electron chi connectivity index (χ1n) is 14.5. The monoisotopic (exact) mass is 581 g/mol. The van der Waals surface area contributed by atoms with Gasteiger partial charge in [0.25, 0.3) is 0 Å². The van der Waals surface area contributed by atoms with Crippen molar-refractivity contribution < 1.29 is 19.1 Å². The number of morpholine rings is 1. The molecule has 6 aliphatic rings. The molecule has 11 nitrogen and oxygen atoms in total. The molecule has 5 heterocycles. The summed E-state index contributed by atoms with van der Waals surface area (Å²) >= 11 is 3.63. The van der Waals surface area contributed by atoms with Crippen LogP contribution < -0.4 is 32.7 Å². The number of ketones is 1. The number of carbonyl (C=O) groups is 2. The van der Waals surface area contributed by atoms with Crippen LogP contribution in [0.3, 0.4) is 0 Å². The lowest BCUT2D eigenvalue weighted by Gasteiger charge is -2.40. The average Bonchev–Trinajstić information content (AvgIpc) is 3.58. The molecule has 218 valence electrons. The van der Waals surface area contributed by atoms with Gasteiger partial charge in [0.05, 0.1) is 40.8 Å². The standard InChI is InChI=1S/C26H43N7O4S2/c27-16-3-1-2-4-17(16)31-14-9-18(22(25(28)35)29-11-14)32-20-12-30-26(38-20)15-13-37-23-19(34)10-21(39-24(15)23)33-5-7-36-8-6-33/h10,14-18,20,22-24,26,29-32H,1-9,11-13,27H2,(H2,28,35)/t14?,15?,16-,17+,18?,20?,22?,23?,24?,26?/m1/s1. The van der Waals surface area contributed by atoms with Gasteiger partial charge in [0.1, 0.15) is 12.1 Å². The highest BCUT2D eigenvalue weighted by Crippen LogP contribution is 2.45. The van der Waals surface area contributed by atoms with Crippen molar-refractivity contribution in [1.29, 1.82) is 0 Å². The number of amides is 1. The van der Waals surface area contributed by atoms with E-state index in [4.69, 9.17) is 20.9 Å². The first kappa shape index (κ1) is 28.2. The topological polar surface area (TPSA) is 156 Å². The first-order chi connectivity index (χ1) is 19.0. The number of hydrogen-bond acceptors (Lipinski definition) is 12. The molecule has 1 aliphatic carbocycles. The molecule has 4 saturated heterocycles. The van der Waals surface area contributed by atoms with E-state index in [0.29, 0.717) is 32.4 Å². The number of thioether (sulfide) groups is 2. The number of rotatable bonds is 7. The van der Waals surface area contributed by atoms with Crippen molar-refractivity contribution in [2.75, 3.05) is 46.0 Å². The fourth-order valence-electron chi connectivity index (χ4n) is 6.89. The molecule has 8 N–H and O–H groups in total. The molecule has 13 heteroatoms. The van der Waals surface area contributed by atoms with Gasteiger partial charge in [-0.1, -0.05) is 12.8 Å². The van der Waals surface area contributed by atoms with E-state index in [0.717, 1.165) is 43.9 Å². The summed E-state index contributed by atoms with van der Waals surface area (Å²) in [5.41, 5.74) is 12.2. The minimum Gasteiger partial charge on any atom is -0.378 e. The van der Waals surface area contributed by atoms with E-state index in [1.165, 1.54) is 12.8 Å². The molecule has 5 aliphatic heterocycles. The summed E-state index contributed by atoms with van der Waals surface area (Å²) in [6.07, 6.45) is 6.80. The van der Waals surface area contributed by atoms with Crippen molar-refractivity contribution >= 4 is 35.2 Å². The molecule has 0 radical (unpaired) electrons. The van der Waals surface area contributed by atoms with Crippen molar-refractivity contribution in [3.05, 3.63) is 11.1 Å². The van der Waals surface area contributed by atoms with E-state index in [9.17, 15) is 9.59 Å². The van der Waals surface area contributed by atoms with Crippen LogP contribution in [-0.2, 0) is 19.1 Å². The number of nitrogens with one attached hydrogen (secondary N) is 4. The van der Waals surface area contributed by atoms with E-state index < -0.39 is 6.04 Å². The molecule has 8 unspecified atom stereocenters. The van der Waals surface area contributed by atoms with Gasteiger partial charge in [0.15, 0.2) is 5.78 Å². The Kier molecular flexibility index (Phi) is 9.08. The molecule has 0 aromatic rings. The van der Waals surface area contributed by atoms with Crippen LogP contribution in [0.25, 0.3) is 0 Å². The van der Waals surface area contributed by atoms with Crippen LogP contribution in [0.5, 0.6) is 0 Å². The fourth-order valence-corrected chi connectivity index (χ4v) is 9.97. The number of primary amides is 1. The molecule has 0 spiro atoms. The lowest BCUT2D eigenvalue weighted by Crippen LogP contribution is -2.66. The van der Waals surface area contributed by atoms with E-state index in [1.807, 2.05) is 11.8 Å². The van der Waals surface area contributed by atoms with Gasteiger partial charge in [0.2, 0.25) is 5.91 Å². The fraction of sp³-hybridized carbons (Fsp3) is 0.846. The van der Waals surface area contributed by atoms with Gasteiger partial charge >= 0.3 is 0 Å². The highest BCUT2D eigenvalue weighted by atomic mass is 32.2. The van der Waals surface area contributed by atoms with Crippen molar-refractivity contribution in [3.63, 3.8) is 0 Å². The second-order valence-electron chi connectivity index (χ2n) is 11.7. The van der Waals surface area contributed by atoms with E-state index >= 15 is 0 Å². The normalized spacial score (nSPS) is 43.3. The Labute approximate surface area is 239 Å². The minimum absolute atomic E-state index is 0.0688. The maximum absolute atomic E-state index is 12.9. The maximum Gasteiger partial charge on any atom is 0.236 e. The Morgan fingerprint density at radius 2 is 1.92 bits per heavy atom. The number of nitrogens with two attached hydrogens (primary N) is 2. The zero-order valence-corrected chi connectivity index (χ0v) is 24.0. The SMILES string of the molecule is NC(=O)C1NCC(N[C@H]2CCCC[C@H]2N)CC1NC1CNC(C2COC3C(=O)C=C(N4CCOCC4)SC32)S1. The predicted molar refractivity (Wildman–Crippen MR) is 153 cm³/mol. The number of nitrogens with zero attached hydrogens (tertiary/aromatic N) is 1. The summed E-state index contributed by atoms with van der Waals surface area (Å²) in [7, 11) is 0. The van der Waals surface area contributed by atoms with Crippen molar-refractivity contribution in [3.8, 4) is 0 Å². The third-order valence-corrected chi connectivity index (χ3v) is 11.9. The molecule has 39 heavy (non-hydrogen) atoms. The Hall–Kier alpha value is -0.900. The summed E-state index contributed by atoms with van der Waals surface area (Å²) in [6, 6.07) is 0.275. The molecule has 0 aromatic heterocycles. The Morgan fingerprint density at radius 3 is 2.72 bits per heavy atom. The van der Waals surface area contributed by atoms with Gasteiger partial charge in [-0.25, -0.2) is 0 Å². The van der Waals surface area contributed by atoms with Crippen molar-refractivity contribution in [2.45, 2.75) is 84.4 Å². The number of hydrogen-bond donors (Lipinski definition) is 6. The third-order valence-electron chi connectivity index (χ3n) is 9.02. The van der Waals surface area contributed by atoms with E-state index in [2.05, 4.69) is 26.2 Å². The zero-order valence-electron chi connectivity index (χ0n) is 22.4. The lowest BCUT2D eigenvalue weighted by atomic mass is 9.88. The Balaban J connectivity index is 1.06. The molecule has 6 rings (SSSR count). The molecule has 0 aromatic carbocycles. The van der Waals surface area contributed by atoms with Crippen LogP contribution in [0.4, 0.5) is 0 Å². The van der Waals surface area contributed by atoms with Gasteiger partial charge in [-0.05, 0) is 19.3 Å². The van der Waals surface area contributed by atoms with Crippen molar-refractivity contribution in [2.24, 2.45) is 17.4 Å². The molecule has 5 fully saturated rings. The molecule has 1 amide bonds. The number of piperidine rings is 1. The van der Waals surface area contributed by atoms with Gasteiger partial charge in [0, 0.05) is 62.3 Å². The Bertz CT molecular complexity index is 938. The van der Waals surface area contributed by atoms with Crippen molar-refractivity contribution in [1.82, 2.24) is 26.2 Å². The smallest absolute Gasteiger partial charge is 0.236 e. The van der Waals surface area contributed by atoms with E-state index in [-0.39, 0.29) is 57.8 Å². The van der Waals surface area contributed by atoms with Gasteiger partial charge in [-0.3, -0.25) is 14.9 Å². The largest absolute Gasteiger partial charge is 0.378 e. The number of carbonyl (C=O) groups excluding carboxylic acids is 2. The lowest BCUT2D eigenvalue weighted by molar-refractivity contribution is -0.123. The summed E-state index contributed by atoms with van der Waals surface area (Å²) in [5, 5.41) is 16.0. The number of fused-ring (bicyclic) bond motifs is 1. The van der Waals surface area contributed by atoms with Gasteiger partial charge < -0.3 is 41.8 Å². The summed E-state index contributed by atoms with van der Waals surface area (Å²) < 4.78 is 11.5. The highest BCUT2D eigenvalue weighted by Gasteiger charge is 2.50. The quantitative estimate of drug-likeness (QED) is 0.216. The zero-order chi connectivity index (χ0) is 26.9. The molecule has 0 bridgehead atoms. The second-order valence-corrected chi connectivity index (χ2v) is 14.2. The van der Waals surface area contributed by atoms with Crippen LogP contribution >= 0.6 is 23.5 Å². The maximum atomic E-state index is 12.9. The average molecular weight is 582 g/mol. The Morgan fingerprint density at radius 1 is 1.10 bits per heavy atom. The van der Waals surface area contributed by atoms with Gasteiger partial charge in [-0.15, -0.1) is 23.5 Å². The molecular weight excluding hydrogens is 538 g/mol. The summed E-state index contributed by atoms with van der Waals surface area (Å²) in [5.74, 6) is -0.0299. The predicted octanol–water partition coefficient (Wildman–Crippen LogP) is -1.12.